The minimum absolute atomic E-state index is 0.0162. The summed E-state index contributed by atoms with van der Waals surface area (Å²) < 4.78 is 5.16. The van der Waals surface area contributed by atoms with Crippen LogP contribution in [0.5, 0.6) is 0 Å². The van der Waals surface area contributed by atoms with Gasteiger partial charge in [0.15, 0.2) is 5.78 Å². The molecule has 0 radical (unpaired) electrons. The predicted octanol–water partition coefficient (Wildman–Crippen LogP) is 2.02. The first kappa shape index (κ1) is 11.0. The SMILES string of the molecule is Cc1cc([C@H]2C(=O)CC(=O)CC2(C)C)on1. The Bertz CT molecular complexity index is 445. The van der Waals surface area contributed by atoms with Gasteiger partial charge in [-0.3, -0.25) is 9.59 Å². The molecule has 0 bridgehead atoms. The van der Waals surface area contributed by atoms with Gasteiger partial charge in [0.1, 0.15) is 11.5 Å². The van der Waals surface area contributed by atoms with E-state index in [1.165, 1.54) is 0 Å². The molecule has 0 saturated heterocycles. The van der Waals surface area contributed by atoms with Crippen LogP contribution in [0.2, 0.25) is 0 Å². The van der Waals surface area contributed by atoms with Gasteiger partial charge in [0.2, 0.25) is 0 Å². The number of aryl methyl sites for hydroxylation is 1. The summed E-state index contributed by atoms with van der Waals surface area (Å²) in [5, 5.41) is 3.80. The third kappa shape index (κ3) is 1.79. The molecule has 16 heavy (non-hydrogen) atoms. The fourth-order valence-corrected chi connectivity index (χ4v) is 2.47. The quantitative estimate of drug-likeness (QED) is 0.681. The van der Waals surface area contributed by atoms with Crippen LogP contribution in [0.15, 0.2) is 10.6 Å². The Labute approximate surface area is 94.0 Å². The molecule has 0 amide bonds. The highest BCUT2D eigenvalue weighted by Gasteiger charge is 2.44. The number of carbonyl (C=O) groups excluding carboxylic acids is 2. The average molecular weight is 221 g/mol. The Hall–Kier alpha value is -1.45. The van der Waals surface area contributed by atoms with Crippen LogP contribution in [0.3, 0.4) is 0 Å². The number of hydrogen-bond acceptors (Lipinski definition) is 4. The first-order valence-electron chi connectivity index (χ1n) is 5.38. The molecule has 4 heteroatoms. The van der Waals surface area contributed by atoms with Gasteiger partial charge in [0.25, 0.3) is 0 Å². The van der Waals surface area contributed by atoms with Gasteiger partial charge in [0, 0.05) is 12.5 Å². The molecule has 0 unspecified atom stereocenters. The minimum atomic E-state index is -0.377. The summed E-state index contributed by atoms with van der Waals surface area (Å²) in [6, 6.07) is 1.78. The summed E-state index contributed by atoms with van der Waals surface area (Å²) in [7, 11) is 0. The molecule has 1 aromatic heterocycles. The topological polar surface area (TPSA) is 60.2 Å². The molecule has 4 nitrogen and oxygen atoms in total. The maximum absolute atomic E-state index is 11.9. The number of hydrogen-bond donors (Lipinski definition) is 0. The smallest absolute Gasteiger partial charge is 0.151 e. The molecule has 1 fully saturated rings. The second-order valence-corrected chi connectivity index (χ2v) is 5.15. The highest BCUT2D eigenvalue weighted by molar-refractivity contribution is 6.05. The maximum atomic E-state index is 11.9. The van der Waals surface area contributed by atoms with Crippen LogP contribution < -0.4 is 0 Å². The fraction of sp³-hybridized carbons (Fsp3) is 0.583. The van der Waals surface area contributed by atoms with E-state index in [1.54, 1.807) is 6.07 Å². The largest absolute Gasteiger partial charge is 0.360 e. The number of rotatable bonds is 1. The first-order valence-corrected chi connectivity index (χ1v) is 5.38. The average Bonchev–Trinajstić information content (AvgIpc) is 2.47. The summed E-state index contributed by atoms with van der Waals surface area (Å²) in [5.74, 6) is 0.200. The summed E-state index contributed by atoms with van der Waals surface area (Å²) in [6.07, 6.45) is 0.441. The molecule has 0 N–H and O–H groups in total. The Morgan fingerprint density at radius 3 is 2.62 bits per heavy atom. The minimum Gasteiger partial charge on any atom is -0.360 e. The van der Waals surface area contributed by atoms with Crippen molar-refractivity contribution in [3.8, 4) is 0 Å². The van der Waals surface area contributed by atoms with Gasteiger partial charge in [0.05, 0.1) is 18.0 Å². The summed E-state index contributed by atoms with van der Waals surface area (Å²) >= 11 is 0. The van der Waals surface area contributed by atoms with Crippen molar-refractivity contribution >= 4 is 11.6 Å². The van der Waals surface area contributed by atoms with Gasteiger partial charge in [-0.05, 0) is 12.3 Å². The molecule has 0 aromatic carbocycles. The van der Waals surface area contributed by atoms with Crippen molar-refractivity contribution in [1.82, 2.24) is 5.16 Å². The lowest BCUT2D eigenvalue weighted by molar-refractivity contribution is -0.135. The highest BCUT2D eigenvalue weighted by atomic mass is 16.5. The molecule has 1 heterocycles. The lowest BCUT2D eigenvalue weighted by atomic mass is 9.67. The van der Waals surface area contributed by atoms with E-state index in [4.69, 9.17) is 4.52 Å². The molecule has 2 rings (SSSR count). The van der Waals surface area contributed by atoms with Crippen molar-refractivity contribution < 1.29 is 14.1 Å². The zero-order valence-electron chi connectivity index (χ0n) is 9.74. The lowest BCUT2D eigenvalue weighted by Gasteiger charge is -2.34. The third-order valence-electron chi connectivity index (χ3n) is 3.06. The van der Waals surface area contributed by atoms with Crippen LogP contribution >= 0.6 is 0 Å². The van der Waals surface area contributed by atoms with Crippen LogP contribution in [0.25, 0.3) is 0 Å². The molecule has 1 atom stereocenters. The molecule has 1 aliphatic rings. The van der Waals surface area contributed by atoms with Crippen molar-refractivity contribution in [3.63, 3.8) is 0 Å². The molecule has 1 saturated carbocycles. The molecular weight excluding hydrogens is 206 g/mol. The van der Waals surface area contributed by atoms with Gasteiger partial charge < -0.3 is 4.52 Å². The molecule has 86 valence electrons. The van der Waals surface area contributed by atoms with E-state index in [1.807, 2.05) is 20.8 Å². The van der Waals surface area contributed by atoms with Crippen molar-refractivity contribution in [3.05, 3.63) is 17.5 Å². The summed E-state index contributed by atoms with van der Waals surface area (Å²) in [5.41, 5.74) is 0.383. The van der Waals surface area contributed by atoms with Gasteiger partial charge >= 0.3 is 0 Å². The van der Waals surface area contributed by atoms with E-state index in [9.17, 15) is 9.59 Å². The van der Waals surface area contributed by atoms with Crippen molar-refractivity contribution in [2.75, 3.05) is 0 Å². The monoisotopic (exact) mass is 221 g/mol. The van der Waals surface area contributed by atoms with Gasteiger partial charge in [-0.25, -0.2) is 0 Å². The van der Waals surface area contributed by atoms with Gasteiger partial charge in [-0.15, -0.1) is 0 Å². The Morgan fingerprint density at radius 2 is 2.12 bits per heavy atom. The summed E-state index contributed by atoms with van der Waals surface area (Å²) in [4.78, 5) is 23.3. The van der Waals surface area contributed by atoms with E-state index in [-0.39, 0.29) is 29.3 Å². The summed E-state index contributed by atoms with van der Waals surface area (Å²) in [6.45, 7) is 5.66. The van der Waals surface area contributed by atoms with E-state index in [0.717, 1.165) is 5.69 Å². The van der Waals surface area contributed by atoms with Gasteiger partial charge in [-0.1, -0.05) is 19.0 Å². The van der Waals surface area contributed by atoms with E-state index >= 15 is 0 Å². The molecule has 1 aliphatic carbocycles. The highest BCUT2D eigenvalue weighted by Crippen LogP contribution is 2.43. The number of aromatic nitrogens is 1. The van der Waals surface area contributed by atoms with Crippen LogP contribution in [0.4, 0.5) is 0 Å². The molecule has 1 aromatic rings. The Balaban J connectivity index is 2.38. The maximum Gasteiger partial charge on any atom is 0.151 e. The van der Waals surface area contributed by atoms with Gasteiger partial charge in [-0.2, -0.15) is 0 Å². The predicted molar refractivity (Wildman–Crippen MR) is 57.0 cm³/mol. The molecular formula is C12H15NO3. The molecule has 0 spiro atoms. The van der Waals surface area contributed by atoms with Crippen molar-refractivity contribution in [2.24, 2.45) is 5.41 Å². The van der Waals surface area contributed by atoms with Crippen LogP contribution in [0, 0.1) is 12.3 Å². The molecule has 0 aliphatic heterocycles. The van der Waals surface area contributed by atoms with E-state index in [2.05, 4.69) is 5.16 Å². The second kappa shape index (κ2) is 3.54. The lowest BCUT2D eigenvalue weighted by Crippen LogP contribution is -2.37. The number of carbonyl (C=O) groups is 2. The fourth-order valence-electron chi connectivity index (χ4n) is 2.47. The third-order valence-corrected chi connectivity index (χ3v) is 3.06. The van der Waals surface area contributed by atoms with Crippen molar-refractivity contribution in [1.29, 1.82) is 0 Å². The zero-order valence-corrected chi connectivity index (χ0v) is 9.74. The van der Waals surface area contributed by atoms with E-state index < -0.39 is 0 Å². The second-order valence-electron chi connectivity index (χ2n) is 5.15. The Morgan fingerprint density at radius 1 is 1.44 bits per heavy atom. The Kier molecular flexibility index (Phi) is 2.45. The number of nitrogens with zero attached hydrogens (tertiary/aromatic N) is 1. The zero-order chi connectivity index (χ0) is 11.9. The van der Waals surface area contributed by atoms with Crippen LogP contribution in [-0.4, -0.2) is 16.7 Å². The van der Waals surface area contributed by atoms with Crippen molar-refractivity contribution in [2.45, 2.75) is 39.5 Å². The normalized spacial score (nSPS) is 24.8. The number of ketones is 2. The number of Topliss-reactive ketones (excluding diaryl/α,β-unsaturated/α-hetero) is 2. The standard InChI is InChI=1S/C12H15NO3/c1-7-4-10(16-13-7)11-9(15)5-8(14)6-12(11,2)3/h4,11H,5-6H2,1-3H3/t11-/m1/s1. The van der Waals surface area contributed by atoms with Crippen LogP contribution in [0.1, 0.15) is 44.1 Å². The first-order chi connectivity index (χ1) is 7.40. The van der Waals surface area contributed by atoms with E-state index in [0.29, 0.717) is 12.2 Å². The van der Waals surface area contributed by atoms with Crippen LogP contribution in [-0.2, 0) is 9.59 Å².